The zero-order chi connectivity index (χ0) is 33.5. The van der Waals surface area contributed by atoms with Crippen LogP contribution in [0.5, 0.6) is 11.5 Å². The Labute approximate surface area is 269 Å². The molecule has 3 unspecified atom stereocenters. The van der Waals surface area contributed by atoms with E-state index in [9.17, 15) is 47.5 Å². The van der Waals surface area contributed by atoms with Crippen molar-refractivity contribution < 1.29 is 52.0 Å². The van der Waals surface area contributed by atoms with Crippen molar-refractivity contribution in [2.75, 3.05) is 18.0 Å². The second-order valence-corrected chi connectivity index (χ2v) is 14.0. The minimum Gasteiger partial charge on any atom is -0.543 e. The smallest absolute Gasteiger partial charge is 0.271 e. The standard InChI is InChI=1S/C27H26N6O10S3/c1-12(46(41,42)43)13-4-6-32(7-5-13)9-14-10-44-25-20(24(38)33(25)21(14)26(39)40)31-18(35)8-29-23(37)15-2-3-17(34)22(36)19(15)16-11-45-27(28)30-16/h2-7,11-12,20,25H,8-10H2,1H3,(H7-,28,29,30,31,34,35,36,37,39,40,41,42,43). The van der Waals surface area contributed by atoms with Crippen LogP contribution in [0.15, 0.2) is 53.3 Å². The number of nitrogens with two attached hydrogens (primary N) is 1. The number of anilines is 1. The summed E-state index contributed by atoms with van der Waals surface area (Å²) in [6, 6.07) is 4.19. The van der Waals surface area contributed by atoms with Gasteiger partial charge in [0.1, 0.15) is 16.7 Å². The van der Waals surface area contributed by atoms with Gasteiger partial charge in [-0.1, -0.05) is 0 Å². The lowest BCUT2D eigenvalue weighted by molar-refractivity contribution is -0.689. The van der Waals surface area contributed by atoms with Gasteiger partial charge in [0, 0.05) is 28.8 Å². The molecule has 1 fully saturated rings. The van der Waals surface area contributed by atoms with E-state index in [0.717, 1.165) is 22.3 Å². The number of aromatic nitrogens is 2. The lowest BCUT2D eigenvalue weighted by atomic mass is 10.0. The first-order valence-corrected chi connectivity index (χ1v) is 16.8. The Hall–Kier alpha value is -4.72. The number of benzene rings is 1. The molecule has 19 heteroatoms. The van der Waals surface area contributed by atoms with Gasteiger partial charge in [-0.15, -0.1) is 23.1 Å². The minimum absolute atomic E-state index is 0.0404. The highest BCUT2D eigenvalue weighted by Crippen LogP contribution is 2.41. The summed E-state index contributed by atoms with van der Waals surface area (Å²) in [5.74, 6) is -4.73. The quantitative estimate of drug-likeness (QED) is 0.0638. The maximum absolute atomic E-state index is 13.0. The van der Waals surface area contributed by atoms with Gasteiger partial charge in [0.25, 0.3) is 21.9 Å². The van der Waals surface area contributed by atoms with Gasteiger partial charge in [0.2, 0.25) is 5.91 Å². The van der Waals surface area contributed by atoms with Gasteiger partial charge in [0.05, 0.1) is 35.0 Å². The summed E-state index contributed by atoms with van der Waals surface area (Å²) in [5.41, 5.74) is 5.95. The molecule has 242 valence electrons. The molecule has 2 aliphatic rings. The number of phenolic OH excluding ortho intramolecular Hbond substituents is 2. The summed E-state index contributed by atoms with van der Waals surface area (Å²) in [5, 5.41) is 37.0. The fourth-order valence-electron chi connectivity index (χ4n) is 4.94. The molecule has 5 rings (SSSR count). The maximum Gasteiger partial charge on any atom is 0.271 e. The Morgan fingerprint density at radius 2 is 1.91 bits per heavy atom. The van der Waals surface area contributed by atoms with Crippen molar-refractivity contribution >= 4 is 62.0 Å². The summed E-state index contributed by atoms with van der Waals surface area (Å²) in [7, 11) is -4.30. The first-order valence-electron chi connectivity index (χ1n) is 13.3. The number of hydrogen-bond acceptors (Lipinski definition) is 13. The van der Waals surface area contributed by atoms with Gasteiger partial charge in [-0.05, 0) is 24.6 Å². The van der Waals surface area contributed by atoms with Crippen LogP contribution in [-0.2, 0) is 31.0 Å². The summed E-state index contributed by atoms with van der Waals surface area (Å²) < 4.78 is 33.7. The molecule has 0 aliphatic carbocycles. The number of rotatable bonds is 10. The van der Waals surface area contributed by atoms with Crippen molar-refractivity contribution in [3.05, 3.63) is 64.4 Å². The van der Waals surface area contributed by atoms with Gasteiger partial charge in [-0.2, -0.15) is 8.42 Å². The molecule has 0 spiro atoms. The number of aromatic hydroxyl groups is 2. The van der Waals surface area contributed by atoms with Crippen LogP contribution in [0.25, 0.3) is 11.3 Å². The topological polar surface area (TPSA) is 256 Å². The number of carboxylic acid groups (broad SMARTS) is 1. The molecule has 3 amide bonds. The van der Waals surface area contributed by atoms with Gasteiger partial charge in [0.15, 0.2) is 35.6 Å². The Morgan fingerprint density at radius 1 is 1.22 bits per heavy atom. The lowest BCUT2D eigenvalue weighted by Gasteiger charge is -2.50. The third-order valence-electron chi connectivity index (χ3n) is 7.35. The number of aliphatic carboxylic acids is 1. The van der Waals surface area contributed by atoms with Gasteiger partial charge < -0.3 is 36.5 Å². The highest BCUT2D eigenvalue weighted by atomic mass is 32.2. The maximum atomic E-state index is 13.0. The number of pyridine rings is 1. The first kappa shape index (κ1) is 32.7. The number of phenols is 2. The average molecular weight is 691 g/mol. The number of carbonyl (C=O) groups excluding carboxylic acids is 4. The monoisotopic (exact) mass is 690 g/mol. The molecule has 7 N–H and O–H groups in total. The van der Waals surface area contributed by atoms with E-state index in [1.807, 2.05) is 0 Å². The number of nitrogens with one attached hydrogen (secondary N) is 2. The number of hydrogen-bond donors (Lipinski definition) is 6. The highest BCUT2D eigenvalue weighted by molar-refractivity contribution is 8.00. The number of carbonyl (C=O) groups is 4. The van der Waals surface area contributed by atoms with E-state index in [-0.39, 0.29) is 39.9 Å². The number of nitrogens with zero attached hydrogens (tertiary/aromatic N) is 3. The fourth-order valence-corrected chi connectivity index (χ4v) is 7.33. The van der Waals surface area contributed by atoms with Crippen LogP contribution in [0.1, 0.15) is 28.1 Å². The molecule has 1 saturated heterocycles. The number of β-lactam (4-membered cyclic amide) rings is 1. The highest BCUT2D eigenvalue weighted by Gasteiger charge is 2.53. The molecule has 2 aliphatic heterocycles. The van der Waals surface area contributed by atoms with E-state index >= 15 is 0 Å². The summed E-state index contributed by atoms with van der Waals surface area (Å²) in [6.45, 7) is 0.788. The second-order valence-electron chi connectivity index (χ2n) is 10.3. The first-order chi connectivity index (χ1) is 21.7. The number of carboxylic acids is 1. The molecule has 2 aromatic heterocycles. The van der Waals surface area contributed by atoms with Crippen LogP contribution >= 0.6 is 23.1 Å². The van der Waals surface area contributed by atoms with Crippen molar-refractivity contribution in [3.8, 4) is 22.8 Å². The Kier molecular flexibility index (Phi) is 8.94. The number of thiazole rings is 1. The Morgan fingerprint density at radius 3 is 2.52 bits per heavy atom. The minimum atomic E-state index is -4.30. The third kappa shape index (κ3) is 6.34. The summed E-state index contributed by atoms with van der Waals surface area (Å²) >= 11 is 2.26. The third-order valence-corrected chi connectivity index (χ3v) is 10.5. The van der Waals surface area contributed by atoms with E-state index < -0.39 is 68.5 Å². The van der Waals surface area contributed by atoms with E-state index in [4.69, 9.17) is 5.73 Å². The predicted molar refractivity (Wildman–Crippen MR) is 161 cm³/mol. The molecule has 4 heterocycles. The van der Waals surface area contributed by atoms with E-state index in [1.54, 1.807) is 4.57 Å². The van der Waals surface area contributed by atoms with E-state index in [2.05, 4.69) is 15.6 Å². The van der Waals surface area contributed by atoms with E-state index in [0.29, 0.717) is 11.1 Å². The molecular weight excluding hydrogens is 665 g/mol. The van der Waals surface area contributed by atoms with Crippen LogP contribution in [0.4, 0.5) is 5.13 Å². The lowest BCUT2D eigenvalue weighted by Crippen LogP contribution is -2.71. The van der Waals surface area contributed by atoms with Crippen molar-refractivity contribution in [1.82, 2.24) is 20.5 Å². The number of fused-ring (bicyclic) bond motifs is 1. The Balaban J connectivity index is 1.23. The van der Waals surface area contributed by atoms with Crippen molar-refractivity contribution in [2.24, 2.45) is 0 Å². The largest absolute Gasteiger partial charge is 0.543 e. The average Bonchev–Trinajstić information content (AvgIpc) is 3.44. The van der Waals surface area contributed by atoms with Crippen LogP contribution in [-0.4, -0.2) is 80.5 Å². The molecular formula is C27H26N6O10S3. The molecule has 0 bridgehead atoms. The Bertz CT molecular complexity index is 1890. The van der Waals surface area contributed by atoms with E-state index in [1.165, 1.54) is 54.7 Å². The molecule has 0 radical (unpaired) electrons. The van der Waals surface area contributed by atoms with Crippen molar-refractivity contribution in [2.45, 2.75) is 30.1 Å². The molecule has 46 heavy (non-hydrogen) atoms. The molecule has 0 saturated carbocycles. The summed E-state index contributed by atoms with van der Waals surface area (Å²) in [4.78, 5) is 55.8. The zero-order valence-corrected chi connectivity index (χ0v) is 26.2. The van der Waals surface area contributed by atoms with Crippen LogP contribution in [0.2, 0.25) is 0 Å². The normalized spacial score (nSPS) is 18.4. The van der Waals surface area contributed by atoms with Crippen LogP contribution in [0, 0.1) is 0 Å². The predicted octanol–water partition coefficient (Wildman–Crippen LogP) is -1.13. The zero-order valence-electron chi connectivity index (χ0n) is 23.7. The molecule has 3 aromatic rings. The SMILES string of the molecule is CC(c1cc[n+](CC2=C(C(=O)[O-])N3C(=O)C(NC(=O)CNC(=O)c4ccc(O)c(O)c4-c4csc(N)n4)C3SC2)cc1)S(=O)(=O)O. The fraction of sp³-hybridized carbons (Fsp3) is 0.259. The van der Waals surface area contributed by atoms with Crippen LogP contribution in [0.3, 0.4) is 0 Å². The number of thioether (sulfide) groups is 1. The second kappa shape index (κ2) is 12.6. The van der Waals surface area contributed by atoms with Crippen molar-refractivity contribution in [3.63, 3.8) is 0 Å². The van der Waals surface area contributed by atoms with Crippen LogP contribution < -0.4 is 26.0 Å². The van der Waals surface area contributed by atoms with Gasteiger partial charge in [-0.25, -0.2) is 9.55 Å². The van der Waals surface area contributed by atoms with Gasteiger partial charge in [-0.3, -0.25) is 23.8 Å². The van der Waals surface area contributed by atoms with Gasteiger partial charge >= 0.3 is 0 Å². The number of nitrogen functional groups attached to an aromatic ring is 1. The number of amides is 3. The summed E-state index contributed by atoms with van der Waals surface area (Å²) in [6.07, 6.45) is 3.02. The van der Waals surface area contributed by atoms with Crippen molar-refractivity contribution in [1.29, 1.82) is 0 Å². The molecule has 16 nitrogen and oxygen atoms in total. The molecule has 1 aromatic carbocycles. The molecule has 3 atom stereocenters.